The van der Waals surface area contributed by atoms with E-state index < -0.39 is 0 Å². The van der Waals surface area contributed by atoms with Gasteiger partial charge in [0.1, 0.15) is 6.10 Å². The van der Waals surface area contributed by atoms with Gasteiger partial charge < -0.3 is 4.74 Å². The molecule has 6 unspecified atom stereocenters. The maximum Gasteiger partial charge on any atom is 0.309 e. The molecule has 3 aliphatic carbocycles. The van der Waals surface area contributed by atoms with Gasteiger partial charge in [-0.2, -0.15) is 0 Å². The highest BCUT2D eigenvalue weighted by atomic mass is 16.6. The average molecular weight is 246 g/mol. The van der Waals surface area contributed by atoms with E-state index in [0.29, 0.717) is 5.92 Å². The minimum atomic E-state index is -0.330. The van der Waals surface area contributed by atoms with Gasteiger partial charge in [0, 0.05) is 16.7 Å². The Morgan fingerprint density at radius 1 is 1.33 bits per heavy atom. The summed E-state index contributed by atoms with van der Waals surface area (Å²) in [6.45, 7) is 6.22. The number of ketones is 1. The zero-order valence-electron chi connectivity index (χ0n) is 11.0. The summed E-state index contributed by atoms with van der Waals surface area (Å²) in [4.78, 5) is 24.1. The fourth-order valence-electron chi connectivity index (χ4n) is 5.45. The first-order valence-electron chi connectivity index (χ1n) is 6.84. The van der Waals surface area contributed by atoms with Gasteiger partial charge in [0.25, 0.3) is 0 Å². The zero-order chi connectivity index (χ0) is 12.9. The number of carbonyl (C=O) groups is 2. The van der Waals surface area contributed by atoms with E-state index >= 15 is 0 Å². The Hall–Kier alpha value is -1.12. The lowest BCUT2D eigenvalue weighted by Gasteiger charge is -2.34. The highest BCUT2D eigenvalue weighted by Crippen LogP contribution is 2.87. The molecule has 18 heavy (non-hydrogen) atoms. The summed E-state index contributed by atoms with van der Waals surface area (Å²) < 4.78 is 5.67. The second-order valence-electron chi connectivity index (χ2n) is 6.87. The van der Waals surface area contributed by atoms with E-state index in [1.807, 2.05) is 6.92 Å². The second kappa shape index (κ2) is 2.59. The third-order valence-corrected chi connectivity index (χ3v) is 6.84. The first kappa shape index (κ1) is 10.8. The molecule has 96 valence electrons. The molecule has 1 aliphatic heterocycles. The maximum atomic E-state index is 12.2. The SMILES string of the molecule is CC1C(=O)OC2C1CCC1(C)C3(C)C(=O)C=CC213. The van der Waals surface area contributed by atoms with Crippen molar-refractivity contribution in [3.8, 4) is 0 Å². The molecule has 1 saturated heterocycles. The van der Waals surface area contributed by atoms with E-state index in [1.165, 1.54) is 0 Å². The molecule has 0 N–H and O–H groups in total. The lowest BCUT2D eigenvalue weighted by molar-refractivity contribution is -0.146. The van der Waals surface area contributed by atoms with Gasteiger partial charge in [-0.15, -0.1) is 0 Å². The standard InChI is InChI=1S/C15H18O3/c1-8-9-4-6-13(2)14(3)10(16)5-7-15(13,14)11(9)18-12(8)17/h5,7-9,11H,4,6H2,1-3H3. The van der Waals surface area contributed by atoms with E-state index in [9.17, 15) is 9.59 Å². The third-order valence-electron chi connectivity index (χ3n) is 6.84. The highest BCUT2D eigenvalue weighted by molar-refractivity contribution is 6.04. The molecule has 4 aliphatic rings. The molecule has 1 spiro atoms. The summed E-state index contributed by atoms with van der Waals surface area (Å²) in [5.41, 5.74) is -0.540. The van der Waals surface area contributed by atoms with Crippen molar-refractivity contribution < 1.29 is 14.3 Å². The van der Waals surface area contributed by atoms with Crippen molar-refractivity contribution >= 4 is 11.8 Å². The van der Waals surface area contributed by atoms with Gasteiger partial charge in [-0.1, -0.05) is 26.8 Å². The number of hydrogen-bond donors (Lipinski definition) is 0. The van der Waals surface area contributed by atoms with Crippen LogP contribution in [0.15, 0.2) is 12.2 Å². The Balaban J connectivity index is 1.87. The molecule has 0 aromatic carbocycles. The summed E-state index contributed by atoms with van der Waals surface area (Å²) in [5, 5.41) is 0. The number of ether oxygens (including phenoxy) is 1. The molecular weight excluding hydrogens is 228 g/mol. The molecule has 0 bridgehead atoms. The predicted octanol–water partition coefficient (Wildman–Crippen LogP) is 2.11. The van der Waals surface area contributed by atoms with Crippen LogP contribution in [-0.2, 0) is 14.3 Å². The van der Waals surface area contributed by atoms with Crippen molar-refractivity contribution in [1.82, 2.24) is 0 Å². The van der Waals surface area contributed by atoms with Gasteiger partial charge in [-0.25, -0.2) is 0 Å². The van der Waals surface area contributed by atoms with Gasteiger partial charge in [0.2, 0.25) is 0 Å². The quantitative estimate of drug-likeness (QED) is 0.615. The minimum absolute atomic E-state index is 0.00264. The number of esters is 1. The van der Waals surface area contributed by atoms with Crippen LogP contribution in [0.5, 0.6) is 0 Å². The fraction of sp³-hybridized carbons (Fsp3) is 0.733. The number of hydrogen-bond acceptors (Lipinski definition) is 3. The lowest BCUT2D eigenvalue weighted by atomic mass is 9.70. The summed E-state index contributed by atoms with van der Waals surface area (Å²) in [5.74, 6) is 0.428. The van der Waals surface area contributed by atoms with Gasteiger partial charge in [-0.3, -0.25) is 9.59 Å². The smallest absolute Gasteiger partial charge is 0.309 e. The van der Waals surface area contributed by atoms with Crippen LogP contribution in [0.1, 0.15) is 33.6 Å². The van der Waals surface area contributed by atoms with Crippen LogP contribution >= 0.6 is 0 Å². The van der Waals surface area contributed by atoms with Crippen LogP contribution in [-0.4, -0.2) is 17.9 Å². The monoisotopic (exact) mass is 246 g/mol. The largest absolute Gasteiger partial charge is 0.461 e. The number of carbonyl (C=O) groups excluding carboxylic acids is 2. The normalized spacial score (nSPS) is 60.1. The van der Waals surface area contributed by atoms with Gasteiger partial charge in [0.15, 0.2) is 5.78 Å². The van der Waals surface area contributed by atoms with E-state index in [0.717, 1.165) is 12.8 Å². The minimum Gasteiger partial charge on any atom is -0.461 e. The second-order valence-corrected chi connectivity index (χ2v) is 6.87. The number of allylic oxidation sites excluding steroid dienone is 1. The van der Waals surface area contributed by atoms with Gasteiger partial charge >= 0.3 is 5.97 Å². The van der Waals surface area contributed by atoms with Crippen LogP contribution in [0, 0.1) is 28.1 Å². The zero-order valence-corrected chi connectivity index (χ0v) is 11.0. The van der Waals surface area contributed by atoms with Crippen LogP contribution in [0.2, 0.25) is 0 Å². The molecule has 3 heteroatoms. The number of rotatable bonds is 0. The number of fused-ring (bicyclic) bond motifs is 2. The Kier molecular flexibility index (Phi) is 1.55. The van der Waals surface area contributed by atoms with Crippen LogP contribution in [0.25, 0.3) is 0 Å². The van der Waals surface area contributed by atoms with Crippen molar-refractivity contribution in [2.75, 3.05) is 0 Å². The molecule has 2 saturated carbocycles. The highest BCUT2D eigenvalue weighted by Gasteiger charge is 2.90. The van der Waals surface area contributed by atoms with Crippen molar-refractivity contribution in [3.63, 3.8) is 0 Å². The van der Waals surface area contributed by atoms with E-state index in [-0.39, 0.29) is 40.0 Å². The summed E-state index contributed by atoms with van der Waals surface area (Å²) in [6, 6.07) is 0. The Morgan fingerprint density at radius 2 is 2.06 bits per heavy atom. The van der Waals surface area contributed by atoms with E-state index in [2.05, 4.69) is 19.9 Å². The molecule has 0 radical (unpaired) electrons. The van der Waals surface area contributed by atoms with E-state index in [1.54, 1.807) is 6.08 Å². The van der Waals surface area contributed by atoms with Gasteiger partial charge in [0.05, 0.1) is 5.92 Å². The van der Waals surface area contributed by atoms with E-state index in [4.69, 9.17) is 4.74 Å². The van der Waals surface area contributed by atoms with Crippen molar-refractivity contribution in [3.05, 3.63) is 12.2 Å². The molecule has 3 fully saturated rings. The Bertz CT molecular complexity index is 522. The Morgan fingerprint density at radius 3 is 2.78 bits per heavy atom. The van der Waals surface area contributed by atoms with Crippen LogP contribution < -0.4 is 0 Å². The molecule has 4 rings (SSSR count). The summed E-state index contributed by atoms with van der Waals surface area (Å²) in [6.07, 6.45) is 5.72. The summed E-state index contributed by atoms with van der Waals surface area (Å²) >= 11 is 0. The predicted molar refractivity (Wildman–Crippen MR) is 64.6 cm³/mol. The third kappa shape index (κ3) is 0.703. The average Bonchev–Trinajstić information content (AvgIpc) is 2.56. The van der Waals surface area contributed by atoms with Crippen molar-refractivity contribution in [2.45, 2.75) is 39.7 Å². The molecular formula is C15H18O3. The Labute approximate surface area is 107 Å². The topological polar surface area (TPSA) is 43.4 Å². The molecule has 0 aromatic heterocycles. The molecule has 1 heterocycles. The maximum absolute atomic E-state index is 12.2. The summed E-state index contributed by atoms with van der Waals surface area (Å²) in [7, 11) is 0. The first-order chi connectivity index (χ1) is 8.40. The molecule has 6 atom stereocenters. The van der Waals surface area contributed by atoms with Gasteiger partial charge in [-0.05, 0) is 24.3 Å². The van der Waals surface area contributed by atoms with Crippen molar-refractivity contribution in [1.29, 1.82) is 0 Å². The molecule has 0 aromatic rings. The molecule has 3 nitrogen and oxygen atoms in total. The lowest BCUT2D eigenvalue weighted by Crippen LogP contribution is -2.36. The van der Waals surface area contributed by atoms with Crippen LogP contribution in [0.3, 0.4) is 0 Å². The molecule has 0 amide bonds. The van der Waals surface area contributed by atoms with Crippen LogP contribution in [0.4, 0.5) is 0 Å². The first-order valence-corrected chi connectivity index (χ1v) is 6.84. The fourth-order valence-corrected chi connectivity index (χ4v) is 5.45. The van der Waals surface area contributed by atoms with Crippen molar-refractivity contribution in [2.24, 2.45) is 28.1 Å².